The Morgan fingerprint density at radius 3 is 2.29 bits per heavy atom. The zero-order valence-corrected chi connectivity index (χ0v) is 21.4. The predicted octanol–water partition coefficient (Wildman–Crippen LogP) is 3.54. The number of rotatable bonds is 11. The highest BCUT2D eigenvalue weighted by atomic mass is 16.5. The van der Waals surface area contributed by atoms with E-state index in [9.17, 15) is 14.7 Å². The van der Waals surface area contributed by atoms with Crippen LogP contribution in [0, 0.1) is 5.41 Å². The Morgan fingerprint density at radius 1 is 1.05 bits per heavy atom. The number of carbonyl (C=O) groups is 2. The van der Waals surface area contributed by atoms with E-state index >= 15 is 0 Å². The van der Waals surface area contributed by atoms with E-state index in [0.717, 1.165) is 24.0 Å². The standard InChI is InChI=1S/C30H33N3O5/c1-37-27(34)19-30(36)18-25(33(29(30)35)17-5-8-21-6-3-2-4-7-21)20-38-26-15-13-23(14-16-26)22-9-11-24(12-10-22)28(31)32/h2-4,6-7,9-16,25,36H,5,8,17-20H2,1H3,(H3,31,32)/t25-,30-/m0/s1. The third kappa shape index (κ3) is 6.39. The maximum absolute atomic E-state index is 13.2. The molecule has 8 nitrogen and oxygen atoms in total. The van der Waals surface area contributed by atoms with Gasteiger partial charge in [0.05, 0.1) is 19.6 Å². The molecule has 3 aromatic carbocycles. The molecule has 4 N–H and O–H groups in total. The number of methoxy groups -OCH3 is 1. The summed E-state index contributed by atoms with van der Waals surface area (Å²) < 4.78 is 10.7. The molecule has 0 aliphatic carbocycles. The van der Waals surface area contributed by atoms with Gasteiger partial charge in [0.25, 0.3) is 5.91 Å². The van der Waals surface area contributed by atoms with Gasteiger partial charge in [0.2, 0.25) is 0 Å². The molecule has 1 fully saturated rings. The average Bonchev–Trinajstić information content (AvgIpc) is 3.17. The van der Waals surface area contributed by atoms with E-state index in [1.54, 1.807) is 17.0 Å². The van der Waals surface area contributed by atoms with Crippen LogP contribution < -0.4 is 10.5 Å². The Balaban J connectivity index is 1.41. The quantitative estimate of drug-likeness (QED) is 0.204. The van der Waals surface area contributed by atoms with Crippen LogP contribution in [0.3, 0.4) is 0 Å². The van der Waals surface area contributed by atoms with E-state index in [1.807, 2.05) is 66.7 Å². The average molecular weight is 516 g/mol. The fourth-order valence-electron chi connectivity index (χ4n) is 4.79. The number of amides is 1. The Bertz CT molecular complexity index is 1260. The van der Waals surface area contributed by atoms with E-state index in [-0.39, 0.29) is 31.3 Å². The highest BCUT2D eigenvalue weighted by Crippen LogP contribution is 2.33. The molecular weight excluding hydrogens is 482 g/mol. The first-order valence-electron chi connectivity index (χ1n) is 12.6. The summed E-state index contributed by atoms with van der Waals surface area (Å²) in [5.41, 5.74) is 7.54. The van der Waals surface area contributed by atoms with Gasteiger partial charge in [-0.3, -0.25) is 15.0 Å². The zero-order valence-electron chi connectivity index (χ0n) is 21.4. The molecule has 1 amide bonds. The van der Waals surface area contributed by atoms with Gasteiger partial charge in [0.15, 0.2) is 5.60 Å². The van der Waals surface area contributed by atoms with Gasteiger partial charge in [-0.05, 0) is 41.7 Å². The fourth-order valence-corrected chi connectivity index (χ4v) is 4.79. The molecule has 198 valence electrons. The van der Waals surface area contributed by atoms with Gasteiger partial charge in [0, 0.05) is 18.5 Å². The molecule has 1 aliphatic heterocycles. The minimum Gasteiger partial charge on any atom is -0.491 e. The van der Waals surface area contributed by atoms with Gasteiger partial charge < -0.3 is 25.2 Å². The van der Waals surface area contributed by atoms with E-state index < -0.39 is 17.5 Å². The lowest BCUT2D eigenvalue weighted by Crippen LogP contribution is -2.43. The summed E-state index contributed by atoms with van der Waals surface area (Å²) >= 11 is 0. The smallest absolute Gasteiger partial charge is 0.308 e. The van der Waals surface area contributed by atoms with Crippen molar-refractivity contribution >= 4 is 17.7 Å². The van der Waals surface area contributed by atoms with Crippen LogP contribution in [0.25, 0.3) is 11.1 Å². The molecule has 1 aliphatic rings. The lowest BCUT2D eigenvalue weighted by Gasteiger charge is -2.25. The minimum absolute atomic E-state index is 0.0262. The third-order valence-electron chi connectivity index (χ3n) is 6.87. The van der Waals surface area contributed by atoms with Crippen molar-refractivity contribution in [2.75, 3.05) is 20.3 Å². The van der Waals surface area contributed by atoms with Gasteiger partial charge in [-0.15, -0.1) is 0 Å². The second kappa shape index (κ2) is 11.9. The van der Waals surface area contributed by atoms with Crippen LogP contribution in [0.2, 0.25) is 0 Å². The Morgan fingerprint density at radius 2 is 1.68 bits per heavy atom. The number of aryl methyl sites for hydroxylation is 1. The number of carbonyl (C=O) groups excluding carboxylic acids is 2. The molecule has 0 unspecified atom stereocenters. The molecule has 0 bridgehead atoms. The summed E-state index contributed by atoms with van der Waals surface area (Å²) in [5, 5.41) is 18.6. The molecule has 0 aromatic heterocycles. The zero-order chi connectivity index (χ0) is 27.1. The normalized spacial score (nSPS) is 18.8. The Labute approximate surface area is 222 Å². The van der Waals surface area contributed by atoms with E-state index in [1.165, 1.54) is 12.7 Å². The van der Waals surface area contributed by atoms with Crippen molar-refractivity contribution in [1.82, 2.24) is 4.90 Å². The molecule has 4 rings (SSSR count). The highest BCUT2D eigenvalue weighted by Gasteiger charge is 2.51. The summed E-state index contributed by atoms with van der Waals surface area (Å²) in [7, 11) is 1.24. The van der Waals surface area contributed by atoms with Crippen molar-refractivity contribution in [3.63, 3.8) is 0 Å². The number of nitrogens with two attached hydrogens (primary N) is 1. The molecule has 38 heavy (non-hydrogen) atoms. The van der Waals surface area contributed by atoms with Crippen LogP contribution in [-0.4, -0.2) is 59.6 Å². The number of likely N-dealkylation sites (tertiary alicyclic amines) is 1. The van der Waals surface area contributed by atoms with Gasteiger partial charge in [-0.1, -0.05) is 66.7 Å². The van der Waals surface area contributed by atoms with Gasteiger partial charge in [-0.2, -0.15) is 0 Å². The molecular formula is C30H33N3O5. The number of nitrogens with one attached hydrogen (secondary N) is 1. The first-order chi connectivity index (χ1) is 18.3. The third-order valence-corrected chi connectivity index (χ3v) is 6.87. The van der Waals surface area contributed by atoms with Crippen LogP contribution >= 0.6 is 0 Å². The molecule has 1 saturated heterocycles. The number of hydrogen-bond acceptors (Lipinski definition) is 6. The van der Waals surface area contributed by atoms with Crippen molar-refractivity contribution in [3.05, 3.63) is 90.0 Å². The van der Waals surface area contributed by atoms with Crippen LogP contribution in [0.4, 0.5) is 0 Å². The van der Waals surface area contributed by atoms with Crippen LogP contribution in [0.1, 0.15) is 30.4 Å². The number of ether oxygens (including phenoxy) is 2. The summed E-state index contributed by atoms with van der Waals surface area (Å²) in [4.78, 5) is 26.7. The number of amidine groups is 1. The number of nitrogens with zero attached hydrogens (tertiary/aromatic N) is 1. The number of aliphatic hydroxyl groups is 1. The SMILES string of the molecule is COC(=O)C[C@@]1(O)C[C@@H](COc2ccc(-c3ccc(C(=N)N)cc3)cc2)N(CCCc2ccccc2)C1=O. The maximum atomic E-state index is 13.2. The van der Waals surface area contributed by atoms with Crippen LogP contribution in [-0.2, 0) is 20.7 Å². The minimum atomic E-state index is -1.80. The van der Waals surface area contributed by atoms with Crippen molar-refractivity contribution < 1.29 is 24.2 Å². The first-order valence-corrected chi connectivity index (χ1v) is 12.6. The summed E-state index contributed by atoms with van der Waals surface area (Å²) in [6, 6.07) is 24.6. The number of hydrogen-bond donors (Lipinski definition) is 3. The molecule has 3 aromatic rings. The van der Waals surface area contributed by atoms with Crippen molar-refractivity contribution in [1.29, 1.82) is 5.41 Å². The molecule has 0 saturated carbocycles. The van der Waals surface area contributed by atoms with E-state index in [2.05, 4.69) is 0 Å². The molecule has 0 radical (unpaired) electrons. The number of esters is 1. The first kappa shape index (κ1) is 26.9. The van der Waals surface area contributed by atoms with Crippen LogP contribution in [0.15, 0.2) is 78.9 Å². The fraction of sp³-hybridized carbons (Fsp3) is 0.300. The van der Waals surface area contributed by atoms with E-state index in [0.29, 0.717) is 17.9 Å². The largest absolute Gasteiger partial charge is 0.491 e. The predicted molar refractivity (Wildman–Crippen MR) is 145 cm³/mol. The summed E-state index contributed by atoms with van der Waals surface area (Å²) in [5.74, 6) is -0.431. The van der Waals surface area contributed by atoms with Crippen LogP contribution in [0.5, 0.6) is 5.75 Å². The Kier molecular flexibility index (Phi) is 8.43. The second-order valence-corrected chi connectivity index (χ2v) is 9.56. The van der Waals surface area contributed by atoms with Gasteiger partial charge in [-0.25, -0.2) is 0 Å². The van der Waals surface area contributed by atoms with Gasteiger partial charge >= 0.3 is 5.97 Å². The van der Waals surface area contributed by atoms with E-state index in [4.69, 9.17) is 20.6 Å². The lowest BCUT2D eigenvalue weighted by atomic mass is 9.96. The molecule has 2 atom stereocenters. The Hall–Kier alpha value is -4.17. The number of benzene rings is 3. The topological polar surface area (TPSA) is 126 Å². The highest BCUT2D eigenvalue weighted by molar-refractivity contribution is 5.95. The van der Waals surface area contributed by atoms with Crippen molar-refractivity contribution in [2.24, 2.45) is 5.73 Å². The molecule has 8 heteroatoms. The summed E-state index contributed by atoms with van der Waals surface area (Å²) in [6.07, 6.45) is 1.22. The molecule has 0 spiro atoms. The molecule has 1 heterocycles. The summed E-state index contributed by atoms with van der Waals surface area (Å²) in [6.45, 7) is 0.633. The maximum Gasteiger partial charge on any atom is 0.308 e. The lowest BCUT2D eigenvalue weighted by molar-refractivity contribution is -0.155. The van der Waals surface area contributed by atoms with Crippen molar-refractivity contribution in [2.45, 2.75) is 37.3 Å². The van der Waals surface area contributed by atoms with Crippen molar-refractivity contribution in [3.8, 4) is 16.9 Å². The number of nitrogen functional groups attached to an aromatic ring is 1. The monoisotopic (exact) mass is 515 g/mol. The second-order valence-electron chi connectivity index (χ2n) is 9.56. The van der Waals surface area contributed by atoms with Gasteiger partial charge in [0.1, 0.15) is 18.2 Å².